The van der Waals surface area contributed by atoms with Crippen molar-refractivity contribution in [2.75, 3.05) is 19.3 Å². The standard InChI is InChI=1S/C19H25N3O/c1-15(13-22(2)14-16-7-4-3-5-8-16)21-19(23)12-17-9-6-10-18(20)11-17/h3-11,15H,12-14,20H2,1-2H3,(H,21,23). The fraction of sp³-hybridized carbons (Fsp3) is 0.316. The number of rotatable bonds is 7. The van der Waals surface area contributed by atoms with Gasteiger partial charge in [0.1, 0.15) is 0 Å². The molecule has 3 N–H and O–H groups in total. The van der Waals surface area contributed by atoms with E-state index in [1.807, 2.05) is 49.4 Å². The van der Waals surface area contributed by atoms with Gasteiger partial charge in [0.2, 0.25) is 5.91 Å². The molecule has 2 aromatic rings. The van der Waals surface area contributed by atoms with Gasteiger partial charge in [0.05, 0.1) is 6.42 Å². The van der Waals surface area contributed by atoms with Crippen LogP contribution in [0, 0.1) is 0 Å². The number of nitrogens with two attached hydrogens (primary N) is 1. The molecule has 0 heterocycles. The van der Waals surface area contributed by atoms with Crippen LogP contribution in [-0.4, -0.2) is 30.4 Å². The SMILES string of the molecule is CC(CN(C)Cc1ccccc1)NC(=O)Cc1cccc(N)c1. The number of hydrogen-bond acceptors (Lipinski definition) is 3. The summed E-state index contributed by atoms with van der Waals surface area (Å²) in [7, 11) is 2.06. The summed E-state index contributed by atoms with van der Waals surface area (Å²) >= 11 is 0. The van der Waals surface area contributed by atoms with E-state index in [1.54, 1.807) is 0 Å². The van der Waals surface area contributed by atoms with Crippen LogP contribution in [-0.2, 0) is 17.8 Å². The van der Waals surface area contributed by atoms with Crippen molar-refractivity contribution in [1.29, 1.82) is 0 Å². The molecular weight excluding hydrogens is 286 g/mol. The van der Waals surface area contributed by atoms with E-state index in [9.17, 15) is 4.79 Å². The third kappa shape index (κ3) is 6.12. The molecule has 4 heteroatoms. The molecule has 0 fully saturated rings. The normalized spacial score (nSPS) is 12.1. The minimum Gasteiger partial charge on any atom is -0.399 e. The van der Waals surface area contributed by atoms with Gasteiger partial charge in [0.15, 0.2) is 0 Å². The minimum absolute atomic E-state index is 0.0243. The van der Waals surface area contributed by atoms with E-state index in [1.165, 1.54) is 5.56 Å². The molecule has 0 aliphatic heterocycles. The molecule has 23 heavy (non-hydrogen) atoms. The molecule has 0 spiro atoms. The summed E-state index contributed by atoms with van der Waals surface area (Å²) < 4.78 is 0. The largest absolute Gasteiger partial charge is 0.399 e. The van der Waals surface area contributed by atoms with Crippen LogP contribution in [0.25, 0.3) is 0 Å². The lowest BCUT2D eigenvalue weighted by Crippen LogP contribution is -2.41. The third-order valence-electron chi connectivity index (χ3n) is 3.60. The van der Waals surface area contributed by atoms with Crippen LogP contribution in [0.4, 0.5) is 5.69 Å². The zero-order chi connectivity index (χ0) is 16.7. The number of nitrogen functional groups attached to an aromatic ring is 1. The van der Waals surface area contributed by atoms with E-state index in [-0.39, 0.29) is 11.9 Å². The van der Waals surface area contributed by atoms with Gasteiger partial charge in [-0.05, 0) is 37.2 Å². The van der Waals surface area contributed by atoms with Gasteiger partial charge in [-0.15, -0.1) is 0 Å². The molecule has 1 atom stereocenters. The summed E-state index contributed by atoms with van der Waals surface area (Å²) in [5, 5.41) is 3.04. The van der Waals surface area contributed by atoms with Crippen LogP contribution in [0.1, 0.15) is 18.1 Å². The molecule has 0 aromatic heterocycles. The first kappa shape index (κ1) is 17.0. The van der Waals surface area contributed by atoms with Crippen molar-refractivity contribution in [3.63, 3.8) is 0 Å². The average Bonchev–Trinajstić information content (AvgIpc) is 2.47. The predicted octanol–water partition coefficient (Wildman–Crippen LogP) is 2.45. The van der Waals surface area contributed by atoms with E-state index in [0.29, 0.717) is 12.1 Å². The number of carbonyl (C=O) groups excluding carboxylic acids is 1. The number of anilines is 1. The highest BCUT2D eigenvalue weighted by molar-refractivity contribution is 5.79. The second-order valence-corrected chi connectivity index (χ2v) is 6.07. The fourth-order valence-electron chi connectivity index (χ4n) is 2.69. The lowest BCUT2D eigenvalue weighted by Gasteiger charge is -2.22. The average molecular weight is 311 g/mol. The summed E-state index contributed by atoms with van der Waals surface area (Å²) in [6.07, 6.45) is 0.359. The number of nitrogens with zero attached hydrogens (tertiary/aromatic N) is 1. The number of carbonyl (C=O) groups is 1. The fourth-order valence-corrected chi connectivity index (χ4v) is 2.69. The van der Waals surface area contributed by atoms with E-state index < -0.39 is 0 Å². The monoisotopic (exact) mass is 311 g/mol. The van der Waals surface area contributed by atoms with Crippen LogP contribution < -0.4 is 11.1 Å². The maximum Gasteiger partial charge on any atom is 0.224 e. The third-order valence-corrected chi connectivity index (χ3v) is 3.60. The Labute approximate surface area is 138 Å². The molecule has 2 rings (SSSR count). The van der Waals surface area contributed by atoms with E-state index in [4.69, 9.17) is 5.73 Å². The summed E-state index contributed by atoms with van der Waals surface area (Å²) in [5.41, 5.74) is 8.63. The van der Waals surface area contributed by atoms with Gasteiger partial charge in [0.25, 0.3) is 0 Å². The Balaban J connectivity index is 1.77. The lowest BCUT2D eigenvalue weighted by molar-refractivity contribution is -0.121. The molecule has 0 saturated carbocycles. The Morgan fingerprint density at radius 1 is 1.13 bits per heavy atom. The van der Waals surface area contributed by atoms with Gasteiger partial charge in [-0.1, -0.05) is 42.5 Å². The topological polar surface area (TPSA) is 58.4 Å². The Kier molecular flexibility index (Phi) is 6.18. The summed E-state index contributed by atoms with van der Waals surface area (Å²) in [5.74, 6) is 0.0243. The molecule has 2 aromatic carbocycles. The molecule has 122 valence electrons. The van der Waals surface area contributed by atoms with E-state index >= 15 is 0 Å². The van der Waals surface area contributed by atoms with Crippen LogP contribution in [0.3, 0.4) is 0 Å². The zero-order valence-electron chi connectivity index (χ0n) is 13.8. The summed E-state index contributed by atoms with van der Waals surface area (Å²) in [4.78, 5) is 14.3. The number of amides is 1. The quantitative estimate of drug-likeness (QED) is 0.772. The molecule has 0 saturated heterocycles. The molecule has 0 aliphatic carbocycles. The molecule has 0 radical (unpaired) electrons. The second kappa shape index (κ2) is 8.34. The van der Waals surface area contributed by atoms with Crippen molar-refractivity contribution in [3.8, 4) is 0 Å². The lowest BCUT2D eigenvalue weighted by atomic mass is 10.1. The van der Waals surface area contributed by atoms with Crippen molar-refractivity contribution in [2.24, 2.45) is 0 Å². The van der Waals surface area contributed by atoms with Crippen LogP contribution in [0.5, 0.6) is 0 Å². The molecule has 1 unspecified atom stereocenters. The van der Waals surface area contributed by atoms with Gasteiger partial charge < -0.3 is 16.0 Å². The maximum atomic E-state index is 12.1. The van der Waals surface area contributed by atoms with Crippen molar-refractivity contribution in [3.05, 3.63) is 65.7 Å². The predicted molar refractivity (Wildman–Crippen MR) is 94.9 cm³/mol. The molecule has 4 nitrogen and oxygen atoms in total. The Morgan fingerprint density at radius 3 is 2.52 bits per heavy atom. The van der Waals surface area contributed by atoms with Gasteiger partial charge in [-0.3, -0.25) is 4.79 Å². The zero-order valence-corrected chi connectivity index (χ0v) is 13.8. The first-order valence-corrected chi connectivity index (χ1v) is 7.89. The first-order valence-electron chi connectivity index (χ1n) is 7.89. The highest BCUT2D eigenvalue weighted by atomic mass is 16.1. The summed E-state index contributed by atoms with van der Waals surface area (Å²) in [6, 6.07) is 17.9. The van der Waals surface area contributed by atoms with Crippen LogP contribution in [0.2, 0.25) is 0 Å². The number of benzene rings is 2. The van der Waals surface area contributed by atoms with E-state index in [2.05, 4.69) is 29.4 Å². The van der Waals surface area contributed by atoms with Crippen molar-refractivity contribution >= 4 is 11.6 Å². The highest BCUT2D eigenvalue weighted by Crippen LogP contribution is 2.07. The smallest absolute Gasteiger partial charge is 0.224 e. The van der Waals surface area contributed by atoms with Crippen molar-refractivity contribution in [2.45, 2.75) is 25.9 Å². The van der Waals surface area contributed by atoms with Gasteiger partial charge in [0, 0.05) is 24.8 Å². The number of likely N-dealkylation sites (N-methyl/N-ethyl adjacent to an activating group) is 1. The second-order valence-electron chi connectivity index (χ2n) is 6.07. The maximum absolute atomic E-state index is 12.1. The Hall–Kier alpha value is -2.33. The number of nitrogens with one attached hydrogen (secondary N) is 1. The van der Waals surface area contributed by atoms with Crippen molar-refractivity contribution in [1.82, 2.24) is 10.2 Å². The summed E-state index contributed by atoms with van der Waals surface area (Å²) in [6.45, 7) is 3.70. The van der Waals surface area contributed by atoms with Crippen LogP contribution >= 0.6 is 0 Å². The van der Waals surface area contributed by atoms with Gasteiger partial charge in [-0.2, -0.15) is 0 Å². The minimum atomic E-state index is 0.0243. The molecule has 0 aliphatic rings. The number of hydrogen-bond donors (Lipinski definition) is 2. The Morgan fingerprint density at radius 2 is 1.83 bits per heavy atom. The first-order chi connectivity index (χ1) is 11.0. The van der Waals surface area contributed by atoms with Gasteiger partial charge >= 0.3 is 0 Å². The van der Waals surface area contributed by atoms with Crippen LogP contribution in [0.15, 0.2) is 54.6 Å². The van der Waals surface area contributed by atoms with Gasteiger partial charge in [-0.25, -0.2) is 0 Å². The molecule has 1 amide bonds. The van der Waals surface area contributed by atoms with E-state index in [0.717, 1.165) is 18.7 Å². The Bertz CT molecular complexity index is 628. The van der Waals surface area contributed by atoms with Crippen molar-refractivity contribution < 1.29 is 4.79 Å². The highest BCUT2D eigenvalue weighted by Gasteiger charge is 2.11. The molecular formula is C19H25N3O. The molecule has 0 bridgehead atoms.